The van der Waals surface area contributed by atoms with Crippen LogP contribution in [0.15, 0.2) is 28.0 Å². The number of amides is 1. The zero-order valence-electron chi connectivity index (χ0n) is 21.2. The predicted molar refractivity (Wildman–Crippen MR) is 135 cm³/mol. The Morgan fingerprint density at radius 2 is 1.92 bits per heavy atom. The second-order valence-electron chi connectivity index (χ2n) is 10.1. The average molecular weight is 494 g/mol. The van der Waals surface area contributed by atoms with Crippen LogP contribution in [0, 0.1) is 13.8 Å². The minimum Gasteiger partial charge on any atom is -0.386 e. The van der Waals surface area contributed by atoms with Crippen LogP contribution in [-0.4, -0.2) is 63.3 Å². The maximum absolute atomic E-state index is 13.0. The van der Waals surface area contributed by atoms with Gasteiger partial charge in [0.05, 0.1) is 29.9 Å². The van der Waals surface area contributed by atoms with Gasteiger partial charge in [0.1, 0.15) is 11.4 Å². The number of benzene rings is 1. The Morgan fingerprint density at radius 1 is 1.19 bits per heavy atom. The molecule has 0 radical (unpaired) electrons. The van der Waals surface area contributed by atoms with Gasteiger partial charge in [0.15, 0.2) is 11.2 Å². The molecule has 2 N–H and O–H groups in total. The number of carbonyl (C=O) groups is 1. The van der Waals surface area contributed by atoms with Crippen molar-refractivity contribution in [3.05, 3.63) is 56.2 Å². The molecule has 11 nitrogen and oxygen atoms in total. The Hall–Kier alpha value is -3.73. The van der Waals surface area contributed by atoms with Crippen molar-refractivity contribution in [2.75, 3.05) is 13.1 Å². The van der Waals surface area contributed by atoms with Crippen LogP contribution in [0.2, 0.25) is 0 Å². The summed E-state index contributed by atoms with van der Waals surface area (Å²) >= 11 is 0. The van der Waals surface area contributed by atoms with Gasteiger partial charge in [-0.2, -0.15) is 0 Å². The number of imidazole rings is 2. The number of likely N-dealkylation sites (tertiary alicyclic amines) is 1. The molecule has 11 heteroatoms. The van der Waals surface area contributed by atoms with Crippen molar-refractivity contribution in [3.63, 3.8) is 0 Å². The van der Waals surface area contributed by atoms with E-state index in [9.17, 15) is 19.5 Å². The van der Waals surface area contributed by atoms with E-state index in [0.29, 0.717) is 19.4 Å². The number of β-amino-alcohol motifs (C(OH)–C–C–N with tert-alkyl or cyclic N) is 1. The number of fused-ring (bicyclic) bond motifs is 2. The first kappa shape index (κ1) is 24.0. The maximum atomic E-state index is 13.0. The highest BCUT2D eigenvalue weighted by Crippen LogP contribution is 2.33. The van der Waals surface area contributed by atoms with Gasteiger partial charge in [-0.15, -0.1) is 0 Å². The average Bonchev–Trinajstić information content (AvgIpc) is 3.43. The van der Waals surface area contributed by atoms with Crippen molar-refractivity contribution < 1.29 is 9.90 Å². The molecule has 190 valence electrons. The fourth-order valence-corrected chi connectivity index (χ4v) is 5.24. The van der Waals surface area contributed by atoms with Crippen molar-refractivity contribution in [1.82, 2.24) is 33.6 Å². The van der Waals surface area contributed by atoms with Gasteiger partial charge in [-0.3, -0.25) is 18.7 Å². The second kappa shape index (κ2) is 8.44. The van der Waals surface area contributed by atoms with Crippen LogP contribution in [0.1, 0.15) is 42.8 Å². The van der Waals surface area contributed by atoms with Crippen LogP contribution in [0.4, 0.5) is 0 Å². The number of nitrogens with zero attached hydrogens (tertiary/aromatic N) is 6. The lowest BCUT2D eigenvalue weighted by molar-refractivity contribution is -0.140. The summed E-state index contributed by atoms with van der Waals surface area (Å²) in [4.78, 5) is 52.0. The molecule has 1 aromatic carbocycles. The predicted octanol–water partition coefficient (Wildman–Crippen LogP) is 1.08. The van der Waals surface area contributed by atoms with E-state index in [1.807, 2.05) is 13.0 Å². The highest BCUT2D eigenvalue weighted by molar-refractivity contribution is 5.78. The largest absolute Gasteiger partial charge is 0.386 e. The number of aromatic nitrogens is 6. The van der Waals surface area contributed by atoms with E-state index in [4.69, 9.17) is 0 Å². The van der Waals surface area contributed by atoms with Gasteiger partial charge < -0.3 is 19.6 Å². The normalized spacial score (nSPS) is 20.5. The van der Waals surface area contributed by atoms with Gasteiger partial charge in [0.2, 0.25) is 5.91 Å². The van der Waals surface area contributed by atoms with Crippen molar-refractivity contribution in [1.29, 1.82) is 0 Å². The summed E-state index contributed by atoms with van der Waals surface area (Å²) < 4.78 is 4.01. The Morgan fingerprint density at radius 3 is 2.64 bits per heavy atom. The zero-order valence-corrected chi connectivity index (χ0v) is 21.2. The van der Waals surface area contributed by atoms with Gasteiger partial charge in [0, 0.05) is 33.5 Å². The smallest absolute Gasteiger partial charge is 0.332 e. The van der Waals surface area contributed by atoms with Gasteiger partial charge in [0.25, 0.3) is 5.56 Å². The number of H-pyrrole nitrogens is 1. The number of aryl methyl sites for hydroxylation is 4. The molecule has 1 saturated heterocycles. The molecule has 1 fully saturated rings. The molecule has 3 aromatic heterocycles. The third-order valence-electron chi connectivity index (χ3n) is 7.49. The molecular weight excluding hydrogens is 462 g/mol. The van der Waals surface area contributed by atoms with Crippen molar-refractivity contribution in [2.24, 2.45) is 14.1 Å². The standard InChI is InChI=1S/C25H31N7O4/c1-14-10-16-17(11-15(14)2)28-19(27-16)6-7-20(33)31-9-8-18(25(3,36)12-31)32-13-26-22-21(32)23(34)30(5)24(35)29(22)4/h10-11,13,18,36H,6-9,12H2,1-5H3,(H,27,28)/t18-,25-/m1/s1. The summed E-state index contributed by atoms with van der Waals surface area (Å²) in [6.45, 7) is 6.33. The van der Waals surface area contributed by atoms with Gasteiger partial charge in [-0.05, 0) is 50.5 Å². The lowest BCUT2D eigenvalue weighted by atomic mass is 9.88. The molecule has 0 bridgehead atoms. The first-order chi connectivity index (χ1) is 17.0. The number of aromatic amines is 1. The van der Waals surface area contributed by atoms with E-state index in [2.05, 4.69) is 27.9 Å². The van der Waals surface area contributed by atoms with Gasteiger partial charge >= 0.3 is 5.69 Å². The molecule has 2 atom stereocenters. The number of hydrogen-bond acceptors (Lipinski definition) is 6. The number of nitrogens with one attached hydrogen (secondary N) is 1. The fraction of sp³-hybridized carbons (Fsp3) is 0.480. The molecule has 4 aromatic rings. The number of rotatable bonds is 4. The molecule has 0 spiro atoms. The van der Waals surface area contributed by atoms with E-state index < -0.39 is 22.9 Å². The Bertz CT molecular complexity index is 1580. The monoisotopic (exact) mass is 493 g/mol. The zero-order chi connectivity index (χ0) is 25.9. The number of piperidine rings is 1. The lowest BCUT2D eigenvalue weighted by Crippen LogP contribution is -2.54. The SMILES string of the molecule is Cc1cc2nc(CCC(=O)N3CC[C@@H](n4cnc5c4c(=O)n(C)c(=O)n5C)[C@](C)(O)C3)[nH]c2cc1C. The van der Waals surface area contributed by atoms with Crippen LogP contribution in [0.3, 0.4) is 0 Å². The van der Waals surface area contributed by atoms with E-state index in [-0.39, 0.29) is 30.0 Å². The quantitative estimate of drug-likeness (QED) is 0.438. The molecular formula is C25H31N7O4. The summed E-state index contributed by atoms with van der Waals surface area (Å²) in [6, 6.07) is 3.63. The molecule has 0 unspecified atom stereocenters. The maximum Gasteiger partial charge on any atom is 0.332 e. The van der Waals surface area contributed by atoms with Crippen LogP contribution in [0.5, 0.6) is 0 Å². The minimum atomic E-state index is -1.30. The molecule has 1 aliphatic rings. The van der Waals surface area contributed by atoms with Crippen LogP contribution < -0.4 is 11.2 Å². The van der Waals surface area contributed by atoms with Crippen LogP contribution >= 0.6 is 0 Å². The van der Waals surface area contributed by atoms with E-state index in [1.54, 1.807) is 23.4 Å². The Labute approximate surface area is 207 Å². The fourth-order valence-electron chi connectivity index (χ4n) is 5.24. The number of hydrogen-bond donors (Lipinski definition) is 2. The van der Waals surface area contributed by atoms with E-state index in [1.165, 1.54) is 29.1 Å². The van der Waals surface area contributed by atoms with E-state index in [0.717, 1.165) is 21.4 Å². The first-order valence-corrected chi connectivity index (χ1v) is 12.1. The van der Waals surface area contributed by atoms with Gasteiger partial charge in [-0.25, -0.2) is 14.8 Å². The van der Waals surface area contributed by atoms with Crippen LogP contribution in [-0.2, 0) is 25.3 Å². The van der Waals surface area contributed by atoms with Crippen LogP contribution in [0.25, 0.3) is 22.2 Å². The molecule has 5 rings (SSSR count). The lowest BCUT2D eigenvalue weighted by Gasteiger charge is -2.43. The van der Waals surface area contributed by atoms with Crippen molar-refractivity contribution in [3.8, 4) is 0 Å². The van der Waals surface area contributed by atoms with Gasteiger partial charge in [-0.1, -0.05) is 0 Å². The Balaban J connectivity index is 1.32. The van der Waals surface area contributed by atoms with E-state index >= 15 is 0 Å². The van der Waals surface area contributed by atoms with Crippen molar-refractivity contribution >= 4 is 28.1 Å². The topological polar surface area (TPSA) is 131 Å². The molecule has 0 aliphatic carbocycles. The van der Waals surface area contributed by atoms with Crippen molar-refractivity contribution in [2.45, 2.75) is 51.7 Å². The number of aliphatic hydroxyl groups is 1. The number of carbonyl (C=O) groups excluding carboxylic acids is 1. The summed E-state index contributed by atoms with van der Waals surface area (Å²) in [6.07, 6.45) is 2.69. The molecule has 36 heavy (non-hydrogen) atoms. The molecule has 0 saturated carbocycles. The highest BCUT2D eigenvalue weighted by atomic mass is 16.3. The molecule has 1 aliphatic heterocycles. The Kier molecular flexibility index (Phi) is 5.62. The highest BCUT2D eigenvalue weighted by Gasteiger charge is 2.41. The summed E-state index contributed by atoms with van der Waals surface area (Å²) in [5.74, 6) is 0.701. The summed E-state index contributed by atoms with van der Waals surface area (Å²) in [5, 5.41) is 11.4. The second-order valence-corrected chi connectivity index (χ2v) is 10.1. The molecule has 4 heterocycles. The first-order valence-electron chi connectivity index (χ1n) is 12.1. The summed E-state index contributed by atoms with van der Waals surface area (Å²) in [5.41, 5.74) is 2.53. The minimum absolute atomic E-state index is 0.0599. The third kappa shape index (κ3) is 3.83. The molecule has 1 amide bonds. The summed E-state index contributed by atoms with van der Waals surface area (Å²) in [7, 11) is 2.98. The third-order valence-corrected chi connectivity index (χ3v) is 7.49.